The first kappa shape index (κ1) is 26.2. The lowest BCUT2D eigenvalue weighted by Gasteiger charge is -2.26. The number of halogens is 1. The summed E-state index contributed by atoms with van der Waals surface area (Å²) >= 11 is 0. The lowest BCUT2D eigenvalue weighted by molar-refractivity contribution is 0.0376. The smallest absolute Gasteiger partial charge is 0.191 e. The Morgan fingerprint density at radius 1 is 1.23 bits per heavy atom. The molecule has 2 fully saturated rings. The van der Waals surface area contributed by atoms with Crippen LogP contribution in [-0.4, -0.2) is 76.1 Å². The molecule has 0 saturated carbocycles. The molecule has 0 bridgehead atoms. The summed E-state index contributed by atoms with van der Waals surface area (Å²) in [5.74, 6) is 1.77. The van der Waals surface area contributed by atoms with E-state index in [0.717, 1.165) is 89.1 Å². The molecule has 2 saturated heterocycles. The van der Waals surface area contributed by atoms with E-state index >= 15 is 0 Å². The number of aryl methyl sites for hydroxylation is 1. The van der Waals surface area contributed by atoms with E-state index in [1.807, 2.05) is 0 Å². The fourth-order valence-corrected chi connectivity index (χ4v) is 3.73. The van der Waals surface area contributed by atoms with Crippen LogP contribution in [0, 0.1) is 6.92 Å². The van der Waals surface area contributed by atoms with Crippen LogP contribution in [0.15, 0.2) is 23.2 Å². The van der Waals surface area contributed by atoms with E-state index in [2.05, 4.69) is 47.6 Å². The second-order valence-corrected chi connectivity index (χ2v) is 7.99. The van der Waals surface area contributed by atoms with Crippen LogP contribution in [-0.2, 0) is 16.0 Å². The molecule has 0 radical (unpaired) electrons. The number of guanidine groups is 1. The lowest BCUT2D eigenvalue weighted by atomic mass is 10.1. The highest BCUT2D eigenvalue weighted by Crippen LogP contribution is 2.23. The number of aliphatic imine (C=N–C) groups is 1. The monoisotopic (exact) mass is 546 g/mol. The molecule has 2 aliphatic heterocycles. The van der Waals surface area contributed by atoms with Gasteiger partial charge in [0.15, 0.2) is 5.96 Å². The second-order valence-electron chi connectivity index (χ2n) is 7.99. The number of hydrogen-bond donors (Lipinski definition) is 2. The SMILES string of the molecule is CCNC(=NCc1ccc(C)cc1OCC1CCCO1)NCCCN1CCOCC1.I. The van der Waals surface area contributed by atoms with Gasteiger partial charge in [0.25, 0.3) is 0 Å². The predicted octanol–water partition coefficient (Wildman–Crippen LogP) is 2.95. The van der Waals surface area contributed by atoms with Gasteiger partial charge < -0.3 is 24.8 Å². The van der Waals surface area contributed by atoms with E-state index < -0.39 is 0 Å². The predicted molar refractivity (Wildman–Crippen MR) is 136 cm³/mol. The molecule has 0 spiro atoms. The van der Waals surface area contributed by atoms with Crippen molar-refractivity contribution >= 4 is 29.9 Å². The molecule has 7 nitrogen and oxygen atoms in total. The Morgan fingerprint density at radius 3 is 2.81 bits per heavy atom. The van der Waals surface area contributed by atoms with Crippen molar-refractivity contribution in [3.63, 3.8) is 0 Å². The first-order chi connectivity index (χ1) is 14.7. The number of ether oxygens (including phenoxy) is 3. The average molecular weight is 546 g/mol. The largest absolute Gasteiger partial charge is 0.491 e. The fraction of sp³-hybridized carbons (Fsp3) is 0.696. The van der Waals surface area contributed by atoms with Gasteiger partial charge >= 0.3 is 0 Å². The van der Waals surface area contributed by atoms with Crippen molar-refractivity contribution in [3.05, 3.63) is 29.3 Å². The summed E-state index contributed by atoms with van der Waals surface area (Å²) in [6.07, 6.45) is 3.51. The molecule has 1 unspecified atom stereocenters. The highest BCUT2D eigenvalue weighted by molar-refractivity contribution is 14.0. The second kappa shape index (κ2) is 14.9. The molecule has 1 aromatic carbocycles. The van der Waals surface area contributed by atoms with Gasteiger partial charge in [-0.3, -0.25) is 4.90 Å². The Morgan fingerprint density at radius 2 is 2.06 bits per heavy atom. The summed E-state index contributed by atoms with van der Waals surface area (Å²) in [7, 11) is 0. The molecule has 176 valence electrons. The van der Waals surface area contributed by atoms with E-state index in [0.29, 0.717) is 13.2 Å². The third-order valence-corrected chi connectivity index (χ3v) is 5.47. The minimum Gasteiger partial charge on any atom is -0.491 e. The Balaban J connectivity index is 0.00000341. The Labute approximate surface area is 204 Å². The van der Waals surface area contributed by atoms with Crippen LogP contribution in [0.4, 0.5) is 0 Å². The Kier molecular flexibility index (Phi) is 12.5. The quantitative estimate of drug-likeness (QED) is 0.204. The molecule has 2 heterocycles. The molecule has 3 rings (SSSR count). The summed E-state index contributed by atoms with van der Waals surface area (Å²) in [6, 6.07) is 6.33. The van der Waals surface area contributed by atoms with E-state index in [-0.39, 0.29) is 30.1 Å². The zero-order chi connectivity index (χ0) is 21.0. The minimum absolute atomic E-state index is 0. The minimum atomic E-state index is 0. The first-order valence-electron chi connectivity index (χ1n) is 11.4. The van der Waals surface area contributed by atoms with Gasteiger partial charge in [-0.05, 0) is 51.3 Å². The maximum atomic E-state index is 6.11. The van der Waals surface area contributed by atoms with Crippen LogP contribution in [0.2, 0.25) is 0 Å². The highest BCUT2D eigenvalue weighted by atomic mass is 127. The molecule has 0 aromatic heterocycles. The molecule has 1 aromatic rings. The van der Waals surface area contributed by atoms with E-state index in [1.54, 1.807) is 0 Å². The van der Waals surface area contributed by atoms with Gasteiger partial charge in [0.05, 0.1) is 25.9 Å². The molecular weight excluding hydrogens is 507 g/mol. The summed E-state index contributed by atoms with van der Waals surface area (Å²) in [5.41, 5.74) is 2.29. The summed E-state index contributed by atoms with van der Waals surface area (Å²) in [4.78, 5) is 7.25. The number of benzene rings is 1. The lowest BCUT2D eigenvalue weighted by Crippen LogP contribution is -2.40. The zero-order valence-electron chi connectivity index (χ0n) is 19.0. The van der Waals surface area contributed by atoms with Gasteiger partial charge in [0, 0.05) is 38.3 Å². The zero-order valence-corrected chi connectivity index (χ0v) is 21.4. The third-order valence-electron chi connectivity index (χ3n) is 5.47. The highest BCUT2D eigenvalue weighted by Gasteiger charge is 2.17. The van der Waals surface area contributed by atoms with Crippen molar-refractivity contribution in [2.45, 2.75) is 45.8 Å². The van der Waals surface area contributed by atoms with Gasteiger partial charge in [-0.2, -0.15) is 0 Å². The fourth-order valence-electron chi connectivity index (χ4n) is 3.73. The van der Waals surface area contributed by atoms with Gasteiger partial charge in [0.2, 0.25) is 0 Å². The van der Waals surface area contributed by atoms with Crippen molar-refractivity contribution in [1.82, 2.24) is 15.5 Å². The van der Waals surface area contributed by atoms with E-state index in [4.69, 9.17) is 19.2 Å². The van der Waals surface area contributed by atoms with Crippen LogP contribution in [0.1, 0.15) is 37.3 Å². The van der Waals surface area contributed by atoms with Crippen molar-refractivity contribution < 1.29 is 14.2 Å². The van der Waals surface area contributed by atoms with Crippen molar-refractivity contribution in [1.29, 1.82) is 0 Å². The van der Waals surface area contributed by atoms with Crippen LogP contribution in [0.3, 0.4) is 0 Å². The van der Waals surface area contributed by atoms with Crippen molar-refractivity contribution in [2.24, 2.45) is 4.99 Å². The van der Waals surface area contributed by atoms with Gasteiger partial charge in [-0.15, -0.1) is 24.0 Å². The van der Waals surface area contributed by atoms with Crippen LogP contribution >= 0.6 is 24.0 Å². The first-order valence-corrected chi connectivity index (χ1v) is 11.4. The number of morpholine rings is 1. The summed E-state index contributed by atoms with van der Waals surface area (Å²) in [6.45, 7) is 12.8. The van der Waals surface area contributed by atoms with E-state index in [9.17, 15) is 0 Å². The molecular formula is C23H39IN4O3. The maximum absolute atomic E-state index is 6.11. The number of hydrogen-bond acceptors (Lipinski definition) is 5. The molecule has 2 aliphatic rings. The Hall–Kier alpha value is -1.10. The number of rotatable bonds is 10. The van der Waals surface area contributed by atoms with Crippen LogP contribution < -0.4 is 15.4 Å². The van der Waals surface area contributed by atoms with E-state index in [1.165, 1.54) is 5.56 Å². The van der Waals surface area contributed by atoms with Gasteiger partial charge in [-0.1, -0.05) is 12.1 Å². The van der Waals surface area contributed by atoms with Crippen LogP contribution in [0.5, 0.6) is 5.75 Å². The van der Waals surface area contributed by atoms with Gasteiger partial charge in [0.1, 0.15) is 12.4 Å². The molecule has 0 amide bonds. The normalized spacial score (nSPS) is 19.7. The summed E-state index contributed by atoms with van der Waals surface area (Å²) in [5, 5.41) is 6.80. The number of nitrogens with one attached hydrogen (secondary N) is 2. The molecule has 0 aliphatic carbocycles. The van der Waals surface area contributed by atoms with Crippen molar-refractivity contribution in [3.8, 4) is 5.75 Å². The molecule has 2 N–H and O–H groups in total. The molecule has 8 heteroatoms. The number of nitrogens with zero attached hydrogens (tertiary/aromatic N) is 2. The molecule has 31 heavy (non-hydrogen) atoms. The van der Waals surface area contributed by atoms with Gasteiger partial charge in [-0.25, -0.2) is 4.99 Å². The molecule has 1 atom stereocenters. The third kappa shape index (κ3) is 9.51. The van der Waals surface area contributed by atoms with Crippen LogP contribution in [0.25, 0.3) is 0 Å². The Bertz CT molecular complexity index is 662. The van der Waals surface area contributed by atoms with Crippen molar-refractivity contribution in [2.75, 3.05) is 59.2 Å². The topological polar surface area (TPSA) is 67.4 Å². The maximum Gasteiger partial charge on any atom is 0.191 e. The standard InChI is InChI=1S/C23H38N4O3.HI/c1-3-24-23(25-9-5-10-27-11-14-28-15-12-27)26-17-20-8-7-19(2)16-22(20)30-18-21-6-4-13-29-21;/h7-8,16,21H,3-6,9-15,17-18H2,1-2H3,(H2,24,25,26);1H. The average Bonchev–Trinajstić information content (AvgIpc) is 3.29. The summed E-state index contributed by atoms with van der Waals surface area (Å²) < 4.78 is 17.2.